The van der Waals surface area contributed by atoms with Gasteiger partial charge < -0.3 is 9.47 Å². The molecule has 0 spiro atoms. The molecule has 2 heterocycles. The summed E-state index contributed by atoms with van der Waals surface area (Å²) in [5, 5.41) is 0. The van der Waals surface area contributed by atoms with Crippen LogP contribution < -0.4 is 0 Å². The number of carbonyl (C=O) groups is 1. The second-order valence-corrected chi connectivity index (χ2v) is 6.99. The number of nitrogens with zero attached hydrogens (tertiary/aromatic N) is 3. The lowest BCUT2D eigenvalue weighted by atomic mass is 9.94. The minimum absolute atomic E-state index is 0.153. The number of rotatable bonds is 3. The third-order valence-corrected chi connectivity index (χ3v) is 5.47. The number of carbonyl (C=O) groups excluding carboxylic acids is 1. The van der Waals surface area contributed by atoms with Gasteiger partial charge in [-0.3, -0.25) is 4.79 Å². The fraction of sp³-hybridized carbons (Fsp3) is 0.500. The Balaban J connectivity index is 1.64. The molecule has 1 aromatic heterocycles. The number of para-hydroxylation sites is 2. The molecule has 1 saturated carbocycles. The number of terminal acetylenes is 1. The Morgan fingerprint density at radius 3 is 2.79 bits per heavy atom. The van der Waals surface area contributed by atoms with Crippen LogP contribution in [0.1, 0.15) is 50.3 Å². The minimum Gasteiger partial charge on any atom is -0.339 e. The Kier molecular flexibility index (Phi) is 4.02. The maximum Gasteiger partial charge on any atom is 0.223 e. The summed E-state index contributed by atoms with van der Waals surface area (Å²) in [6.07, 6.45) is 12.2. The first kappa shape index (κ1) is 15.3. The van der Waals surface area contributed by atoms with Gasteiger partial charge in [-0.1, -0.05) is 37.3 Å². The molecular weight excluding hydrogens is 298 g/mol. The highest BCUT2D eigenvalue weighted by Crippen LogP contribution is 2.34. The maximum absolute atomic E-state index is 12.6. The van der Waals surface area contributed by atoms with Gasteiger partial charge in [0.15, 0.2) is 0 Å². The number of hydrogen-bond donors (Lipinski definition) is 0. The molecule has 2 fully saturated rings. The molecule has 4 rings (SSSR count). The van der Waals surface area contributed by atoms with Gasteiger partial charge in [0.25, 0.3) is 0 Å². The van der Waals surface area contributed by atoms with Crippen molar-refractivity contribution in [2.24, 2.45) is 0 Å². The summed E-state index contributed by atoms with van der Waals surface area (Å²) in [6, 6.07) is 8.50. The van der Waals surface area contributed by atoms with Gasteiger partial charge in [-0.05, 0) is 25.0 Å². The van der Waals surface area contributed by atoms with E-state index in [2.05, 4.69) is 21.5 Å². The van der Waals surface area contributed by atoms with Gasteiger partial charge in [-0.25, -0.2) is 4.98 Å². The summed E-state index contributed by atoms with van der Waals surface area (Å²) in [6.45, 7) is 1.29. The molecular formula is C20H23N3O. The lowest BCUT2D eigenvalue weighted by Gasteiger charge is -2.31. The molecule has 24 heavy (non-hydrogen) atoms. The molecule has 0 radical (unpaired) electrons. The monoisotopic (exact) mass is 321 g/mol. The smallest absolute Gasteiger partial charge is 0.223 e. The van der Waals surface area contributed by atoms with Crippen LogP contribution in [0, 0.1) is 12.3 Å². The first-order chi connectivity index (χ1) is 11.8. The largest absolute Gasteiger partial charge is 0.339 e. The highest BCUT2D eigenvalue weighted by molar-refractivity contribution is 5.81. The van der Waals surface area contributed by atoms with Gasteiger partial charge in [-0.2, -0.15) is 0 Å². The Bertz CT molecular complexity index is 795. The molecule has 0 N–H and O–H groups in total. The summed E-state index contributed by atoms with van der Waals surface area (Å²) in [7, 11) is 0. The molecule has 1 saturated heterocycles. The zero-order valence-electron chi connectivity index (χ0n) is 13.9. The predicted octanol–water partition coefficient (Wildman–Crippen LogP) is 3.32. The molecule has 1 amide bonds. The van der Waals surface area contributed by atoms with Crippen LogP contribution in [0.25, 0.3) is 11.0 Å². The summed E-state index contributed by atoms with van der Waals surface area (Å²) in [5.74, 6) is 4.15. The van der Waals surface area contributed by atoms with Crippen molar-refractivity contribution in [1.82, 2.24) is 14.5 Å². The molecule has 124 valence electrons. The van der Waals surface area contributed by atoms with Crippen molar-refractivity contribution < 1.29 is 4.79 Å². The van der Waals surface area contributed by atoms with Crippen LogP contribution in [0.2, 0.25) is 0 Å². The van der Waals surface area contributed by atoms with Gasteiger partial charge >= 0.3 is 0 Å². The van der Waals surface area contributed by atoms with E-state index in [1.165, 1.54) is 19.3 Å². The number of aromatic nitrogens is 2. The van der Waals surface area contributed by atoms with Gasteiger partial charge in [0.05, 0.1) is 17.6 Å². The van der Waals surface area contributed by atoms with Gasteiger partial charge in [0.1, 0.15) is 5.82 Å². The fourth-order valence-corrected chi connectivity index (χ4v) is 4.31. The number of likely N-dealkylation sites (tertiary alicyclic amines) is 1. The van der Waals surface area contributed by atoms with Crippen molar-refractivity contribution in [2.45, 2.75) is 57.0 Å². The van der Waals surface area contributed by atoms with E-state index in [4.69, 9.17) is 11.4 Å². The highest BCUT2D eigenvalue weighted by Gasteiger charge is 2.37. The molecule has 4 heteroatoms. The fourth-order valence-electron chi connectivity index (χ4n) is 4.31. The highest BCUT2D eigenvalue weighted by atomic mass is 16.2. The Morgan fingerprint density at radius 1 is 1.21 bits per heavy atom. The second kappa shape index (κ2) is 6.32. The number of fused-ring (bicyclic) bond motifs is 1. The van der Waals surface area contributed by atoms with E-state index in [0.717, 1.165) is 36.2 Å². The minimum atomic E-state index is 0.153. The average Bonchev–Trinajstić information content (AvgIpc) is 3.17. The van der Waals surface area contributed by atoms with Crippen LogP contribution in [0.4, 0.5) is 0 Å². The van der Waals surface area contributed by atoms with Crippen molar-refractivity contribution in [3.63, 3.8) is 0 Å². The number of benzene rings is 1. The second-order valence-electron chi connectivity index (χ2n) is 6.99. The van der Waals surface area contributed by atoms with E-state index in [1.807, 2.05) is 18.2 Å². The van der Waals surface area contributed by atoms with Crippen molar-refractivity contribution in [2.75, 3.05) is 6.54 Å². The number of hydrogen-bond acceptors (Lipinski definition) is 2. The van der Waals surface area contributed by atoms with Gasteiger partial charge in [0.2, 0.25) is 5.91 Å². The zero-order chi connectivity index (χ0) is 16.5. The molecule has 4 nitrogen and oxygen atoms in total. The van der Waals surface area contributed by atoms with Crippen LogP contribution in [0.5, 0.6) is 0 Å². The summed E-state index contributed by atoms with van der Waals surface area (Å²) < 4.78 is 2.11. The van der Waals surface area contributed by atoms with Crippen LogP contribution >= 0.6 is 0 Å². The van der Waals surface area contributed by atoms with Crippen molar-refractivity contribution in [3.05, 3.63) is 30.1 Å². The van der Waals surface area contributed by atoms with Crippen molar-refractivity contribution in [3.8, 4) is 12.3 Å². The summed E-state index contributed by atoms with van der Waals surface area (Å²) in [4.78, 5) is 19.5. The third kappa shape index (κ3) is 2.58. The van der Waals surface area contributed by atoms with Crippen LogP contribution in [0.3, 0.4) is 0 Å². The van der Waals surface area contributed by atoms with Crippen molar-refractivity contribution >= 4 is 16.9 Å². The lowest BCUT2D eigenvalue weighted by molar-refractivity contribution is -0.130. The Labute approximate surface area is 142 Å². The molecule has 1 aliphatic carbocycles. The van der Waals surface area contributed by atoms with E-state index in [0.29, 0.717) is 19.0 Å². The molecule has 1 atom stereocenters. The first-order valence-corrected chi connectivity index (χ1v) is 8.96. The standard InChI is InChI=1S/C20H23N3O/c1-2-12-22-18-11-7-6-10-17(18)21-20(22)15-13-19(24)23(14-15)16-8-4-3-5-9-16/h1,6-7,10-11,15-16H,3-5,8-9,12-14H2. The van der Waals surface area contributed by atoms with E-state index < -0.39 is 0 Å². The lowest BCUT2D eigenvalue weighted by Crippen LogP contribution is -2.37. The molecule has 0 bridgehead atoms. The molecule has 2 aromatic rings. The van der Waals surface area contributed by atoms with Gasteiger partial charge in [-0.15, -0.1) is 6.42 Å². The Morgan fingerprint density at radius 2 is 2.00 bits per heavy atom. The van der Waals surface area contributed by atoms with Crippen molar-refractivity contribution in [1.29, 1.82) is 0 Å². The van der Waals surface area contributed by atoms with Crippen LogP contribution in [-0.2, 0) is 11.3 Å². The van der Waals surface area contributed by atoms with Gasteiger partial charge in [0, 0.05) is 24.9 Å². The quantitative estimate of drug-likeness (QED) is 0.813. The predicted molar refractivity (Wildman–Crippen MR) is 94.5 cm³/mol. The Hall–Kier alpha value is -2.28. The molecule has 2 aliphatic rings. The third-order valence-electron chi connectivity index (χ3n) is 5.47. The average molecular weight is 321 g/mol. The summed E-state index contributed by atoms with van der Waals surface area (Å²) in [5.41, 5.74) is 2.03. The van der Waals surface area contributed by atoms with E-state index in [1.54, 1.807) is 0 Å². The normalized spacial score (nSPS) is 22.2. The molecule has 1 aromatic carbocycles. The van der Waals surface area contributed by atoms with Crippen LogP contribution in [-0.4, -0.2) is 32.9 Å². The van der Waals surface area contributed by atoms with E-state index in [-0.39, 0.29) is 11.8 Å². The van der Waals surface area contributed by atoms with Crippen LogP contribution in [0.15, 0.2) is 24.3 Å². The number of imidazole rings is 1. The molecule has 1 unspecified atom stereocenters. The molecule has 1 aliphatic heterocycles. The zero-order valence-corrected chi connectivity index (χ0v) is 13.9. The number of amides is 1. The van der Waals surface area contributed by atoms with E-state index in [9.17, 15) is 4.79 Å². The topological polar surface area (TPSA) is 38.1 Å². The summed E-state index contributed by atoms with van der Waals surface area (Å²) >= 11 is 0. The SMILES string of the molecule is C#CCn1c(C2CC(=O)N(C3CCCCC3)C2)nc2ccccc21. The maximum atomic E-state index is 12.6. The van der Waals surface area contributed by atoms with E-state index >= 15 is 0 Å². The first-order valence-electron chi connectivity index (χ1n) is 8.96.